The van der Waals surface area contributed by atoms with Crippen molar-refractivity contribution in [3.8, 4) is 5.75 Å². The number of aromatic nitrogens is 2. The Bertz CT molecular complexity index is 1020. The fourth-order valence-corrected chi connectivity index (χ4v) is 6.59. The van der Waals surface area contributed by atoms with Crippen molar-refractivity contribution in [2.24, 2.45) is 27.5 Å². The van der Waals surface area contributed by atoms with E-state index in [1.54, 1.807) is 0 Å². The molecular weight excluding hydrogens is 372 g/mol. The van der Waals surface area contributed by atoms with E-state index in [-0.39, 0.29) is 5.41 Å². The van der Waals surface area contributed by atoms with Crippen LogP contribution < -0.4 is 0 Å². The maximum Gasteiger partial charge on any atom is 0.115 e. The average Bonchev–Trinajstić information content (AvgIpc) is 3.27. The Morgan fingerprint density at radius 3 is 2.93 bits per heavy atom. The Kier molecular flexibility index (Phi) is 4.79. The second-order valence-corrected chi connectivity index (χ2v) is 9.59. The standard InChI is InChI=1S/C25H32N4O/c1-4-29-16(2)18(15-27-29)14-26-28-24-10-9-23-22-7-5-17-13-19(30)6-8-20(17)21(22)11-12-25(23,24)3/h6,8,13-15,21-23,30H,4-5,7,9-12H2,1-3H3/b26-14-,28-24-/t21-,22+,23+,25+/m0/s1. The van der Waals surface area contributed by atoms with Gasteiger partial charge in [-0.1, -0.05) is 13.0 Å². The van der Waals surface area contributed by atoms with E-state index in [0.717, 1.165) is 36.6 Å². The molecule has 158 valence electrons. The van der Waals surface area contributed by atoms with E-state index in [1.165, 1.54) is 42.5 Å². The summed E-state index contributed by atoms with van der Waals surface area (Å²) < 4.78 is 1.99. The number of phenolic OH excluding ortho intramolecular Hbond substituents is 1. The minimum Gasteiger partial charge on any atom is -0.508 e. The molecule has 0 amide bonds. The van der Waals surface area contributed by atoms with E-state index < -0.39 is 0 Å². The monoisotopic (exact) mass is 404 g/mol. The van der Waals surface area contributed by atoms with Crippen LogP contribution >= 0.6 is 0 Å². The third-order valence-corrected chi connectivity index (χ3v) is 8.27. The molecule has 5 heteroatoms. The molecule has 30 heavy (non-hydrogen) atoms. The molecule has 1 N–H and O–H groups in total. The molecule has 1 aromatic heterocycles. The maximum absolute atomic E-state index is 9.87. The van der Waals surface area contributed by atoms with Gasteiger partial charge in [0.15, 0.2) is 0 Å². The van der Waals surface area contributed by atoms with E-state index in [4.69, 9.17) is 5.10 Å². The Morgan fingerprint density at radius 1 is 1.27 bits per heavy atom. The lowest BCUT2D eigenvalue weighted by Crippen LogP contribution is -2.42. The van der Waals surface area contributed by atoms with Crippen LogP contribution in [0.25, 0.3) is 0 Å². The molecule has 0 unspecified atom stereocenters. The van der Waals surface area contributed by atoms with Crippen molar-refractivity contribution >= 4 is 11.9 Å². The summed E-state index contributed by atoms with van der Waals surface area (Å²) >= 11 is 0. The molecule has 2 fully saturated rings. The Morgan fingerprint density at radius 2 is 2.13 bits per heavy atom. The first-order chi connectivity index (χ1) is 14.5. The van der Waals surface area contributed by atoms with Crippen molar-refractivity contribution in [1.29, 1.82) is 0 Å². The van der Waals surface area contributed by atoms with E-state index in [1.807, 2.05) is 29.2 Å². The normalized spacial score (nSPS) is 31.7. The molecule has 0 spiro atoms. The van der Waals surface area contributed by atoms with Crippen LogP contribution in [0.1, 0.15) is 74.3 Å². The first kappa shape index (κ1) is 19.5. The summed E-state index contributed by atoms with van der Waals surface area (Å²) in [6.45, 7) is 7.49. The Labute approximate surface area is 178 Å². The quantitative estimate of drug-likeness (QED) is 0.561. The third-order valence-electron chi connectivity index (χ3n) is 8.27. The molecule has 5 nitrogen and oxygen atoms in total. The molecule has 3 aliphatic rings. The van der Waals surface area contributed by atoms with E-state index in [2.05, 4.69) is 37.0 Å². The highest BCUT2D eigenvalue weighted by Gasteiger charge is 2.53. The highest BCUT2D eigenvalue weighted by molar-refractivity contribution is 5.93. The van der Waals surface area contributed by atoms with Crippen LogP contribution in [0.4, 0.5) is 0 Å². The lowest BCUT2D eigenvalue weighted by Gasteiger charge is -2.49. The van der Waals surface area contributed by atoms with Gasteiger partial charge in [0.1, 0.15) is 5.75 Å². The number of aromatic hydroxyl groups is 1. The zero-order chi connectivity index (χ0) is 20.9. The van der Waals surface area contributed by atoms with E-state index in [0.29, 0.717) is 17.6 Å². The highest BCUT2D eigenvalue weighted by atomic mass is 16.3. The average molecular weight is 405 g/mol. The van der Waals surface area contributed by atoms with Crippen LogP contribution in [0.15, 0.2) is 34.6 Å². The topological polar surface area (TPSA) is 62.8 Å². The third kappa shape index (κ3) is 3.01. The minimum absolute atomic E-state index is 0.176. The first-order valence-corrected chi connectivity index (χ1v) is 11.5. The molecule has 0 bridgehead atoms. The SMILES string of the molecule is CCn1ncc(/C=N\N=C2\CC[C@@H]3[C@@H]4CCc5cc(O)ccc5[C@@H]4CC[C@@]23C)c1C. The van der Waals surface area contributed by atoms with Crippen molar-refractivity contribution in [1.82, 2.24) is 9.78 Å². The molecule has 2 saturated carbocycles. The summed E-state index contributed by atoms with van der Waals surface area (Å²) in [5.74, 6) is 2.46. The number of fused-ring (bicyclic) bond motifs is 5. The minimum atomic E-state index is 0.176. The number of rotatable bonds is 3. The van der Waals surface area contributed by atoms with Crippen molar-refractivity contribution in [3.63, 3.8) is 0 Å². The molecule has 0 aliphatic heterocycles. The van der Waals surface area contributed by atoms with E-state index in [9.17, 15) is 5.11 Å². The van der Waals surface area contributed by atoms with E-state index >= 15 is 0 Å². The van der Waals surface area contributed by atoms with Crippen LogP contribution in [0.2, 0.25) is 0 Å². The van der Waals surface area contributed by atoms with Crippen LogP contribution in [-0.2, 0) is 13.0 Å². The molecule has 1 aromatic carbocycles. The van der Waals surface area contributed by atoms with Gasteiger partial charge in [0.05, 0.1) is 12.4 Å². The van der Waals surface area contributed by atoms with Gasteiger partial charge >= 0.3 is 0 Å². The number of nitrogens with zero attached hydrogens (tertiary/aromatic N) is 4. The van der Waals surface area contributed by atoms with Gasteiger partial charge in [0.25, 0.3) is 0 Å². The molecule has 3 aliphatic carbocycles. The number of phenols is 1. The van der Waals surface area contributed by atoms with Gasteiger partial charge in [-0.2, -0.15) is 15.3 Å². The second-order valence-electron chi connectivity index (χ2n) is 9.59. The smallest absolute Gasteiger partial charge is 0.115 e. The van der Waals surface area contributed by atoms with Crippen LogP contribution in [0, 0.1) is 24.2 Å². The van der Waals surface area contributed by atoms with Crippen molar-refractivity contribution in [2.75, 3.05) is 0 Å². The molecule has 0 radical (unpaired) electrons. The number of hydrogen-bond donors (Lipinski definition) is 1. The summed E-state index contributed by atoms with van der Waals surface area (Å²) in [6.07, 6.45) is 10.7. The largest absolute Gasteiger partial charge is 0.508 e. The lowest BCUT2D eigenvalue weighted by molar-refractivity contribution is 0.0955. The number of hydrogen-bond acceptors (Lipinski definition) is 4. The predicted octanol–water partition coefficient (Wildman–Crippen LogP) is 5.25. The van der Waals surface area contributed by atoms with Crippen molar-refractivity contribution in [3.05, 3.63) is 46.8 Å². The van der Waals surface area contributed by atoms with Gasteiger partial charge in [-0.25, -0.2) is 0 Å². The molecule has 4 atom stereocenters. The molecular formula is C25H32N4O. The fourth-order valence-electron chi connectivity index (χ4n) is 6.59. The zero-order valence-electron chi connectivity index (χ0n) is 18.3. The Hall–Kier alpha value is -2.43. The number of aryl methyl sites for hydroxylation is 2. The summed E-state index contributed by atoms with van der Waals surface area (Å²) in [6, 6.07) is 6.03. The van der Waals surface area contributed by atoms with Gasteiger partial charge in [0, 0.05) is 28.9 Å². The molecule has 0 saturated heterocycles. The van der Waals surface area contributed by atoms with Gasteiger partial charge in [-0.05, 0) is 93.4 Å². The first-order valence-electron chi connectivity index (χ1n) is 11.5. The van der Waals surface area contributed by atoms with Crippen LogP contribution in [0.5, 0.6) is 5.75 Å². The van der Waals surface area contributed by atoms with Gasteiger partial charge in [-0.15, -0.1) is 0 Å². The summed E-state index contributed by atoms with van der Waals surface area (Å²) in [5, 5.41) is 23.5. The zero-order valence-corrected chi connectivity index (χ0v) is 18.3. The summed E-state index contributed by atoms with van der Waals surface area (Å²) in [7, 11) is 0. The summed E-state index contributed by atoms with van der Waals surface area (Å²) in [4.78, 5) is 0. The predicted molar refractivity (Wildman–Crippen MR) is 120 cm³/mol. The van der Waals surface area contributed by atoms with Crippen LogP contribution in [0.3, 0.4) is 0 Å². The van der Waals surface area contributed by atoms with Crippen molar-refractivity contribution in [2.45, 2.75) is 71.8 Å². The van der Waals surface area contributed by atoms with Crippen molar-refractivity contribution < 1.29 is 5.11 Å². The molecule has 5 rings (SSSR count). The van der Waals surface area contributed by atoms with Crippen LogP contribution in [-0.4, -0.2) is 26.8 Å². The van der Waals surface area contributed by atoms with Gasteiger partial charge in [0.2, 0.25) is 0 Å². The molecule has 2 aromatic rings. The Balaban J connectivity index is 1.37. The fraction of sp³-hybridized carbons (Fsp3) is 0.560. The molecule has 1 heterocycles. The number of benzene rings is 1. The highest BCUT2D eigenvalue weighted by Crippen LogP contribution is 2.60. The second kappa shape index (κ2) is 7.36. The van der Waals surface area contributed by atoms with Gasteiger partial charge < -0.3 is 5.11 Å². The maximum atomic E-state index is 9.87. The lowest BCUT2D eigenvalue weighted by atomic mass is 9.55. The summed E-state index contributed by atoms with van der Waals surface area (Å²) in [5.41, 5.74) is 6.51. The van der Waals surface area contributed by atoms with Gasteiger partial charge in [-0.3, -0.25) is 4.68 Å².